The van der Waals surface area contributed by atoms with E-state index < -0.39 is 16.2 Å². The highest BCUT2D eigenvalue weighted by molar-refractivity contribution is 7.87. The van der Waals surface area contributed by atoms with Gasteiger partial charge in [-0.05, 0) is 86.1 Å². The molecular weight excluding hydrogens is 530 g/mol. The number of aryl methyl sites for hydroxylation is 2. The fourth-order valence-corrected chi connectivity index (χ4v) is 7.10. The van der Waals surface area contributed by atoms with E-state index in [0.717, 1.165) is 47.1 Å². The topological polar surface area (TPSA) is 99.2 Å². The van der Waals surface area contributed by atoms with Gasteiger partial charge in [0.05, 0.1) is 31.4 Å². The zero-order valence-electron chi connectivity index (χ0n) is 22.5. The molecule has 0 radical (unpaired) electrons. The normalized spacial score (nSPS) is 18.3. The van der Waals surface area contributed by atoms with Crippen LogP contribution in [0.1, 0.15) is 63.1 Å². The van der Waals surface area contributed by atoms with Crippen molar-refractivity contribution in [3.05, 3.63) is 88.0 Å². The lowest BCUT2D eigenvalue weighted by Crippen LogP contribution is -2.41. The zero-order chi connectivity index (χ0) is 28.2. The number of imide groups is 1. The van der Waals surface area contributed by atoms with E-state index in [2.05, 4.69) is 0 Å². The van der Waals surface area contributed by atoms with Gasteiger partial charge in [-0.2, -0.15) is 8.42 Å². The molecule has 1 heterocycles. The molecule has 40 heavy (non-hydrogen) atoms. The Morgan fingerprint density at radius 2 is 1.50 bits per heavy atom. The third-order valence-corrected chi connectivity index (χ3v) is 9.24. The van der Waals surface area contributed by atoms with Crippen molar-refractivity contribution in [1.82, 2.24) is 4.90 Å². The Balaban J connectivity index is 1.44. The minimum absolute atomic E-state index is 0.0259. The van der Waals surface area contributed by atoms with Gasteiger partial charge in [-0.25, -0.2) is 0 Å². The van der Waals surface area contributed by atoms with Crippen LogP contribution in [0.4, 0.5) is 0 Å². The van der Waals surface area contributed by atoms with Gasteiger partial charge in [0.1, 0.15) is 4.90 Å². The molecule has 8 nitrogen and oxygen atoms in total. The first-order valence-electron chi connectivity index (χ1n) is 13.2. The van der Waals surface area contributed by atoms with Gasteiger partial charge in [-0.3, -0.25) is 14.5 Å². The zero-order valence-corrected chi connectivity index (χ0v) is 23.3. The maximum atomic E-state index is 13.4. The molecule has 9 heteroatoms. The van der Waals surface area contributed by atoms with E-state index in [1.54, 1.807) is 42.5 Å². The summed E-state index contributed by atoms with van der Waals surface area (Å²) in [5, 5.41) is 0. The van der Waals surface area contributed by atoms with E-state index in [0.29, 0.717) is 29.7 Å². The number of rotatable bonds is 6. The summed E-state index contributed by atoms with van der Waals surface area (Å²) in [6.07, 6.45) is 3.33. The Kier molecular flexibility index (Phi) is 6.41. The van der Waals surface area contributed by atoms with Gasteiger partial charge in [-0.15, -0.1) is 0 Å². The maximum absolute atomic E-state index is 13.4. The second-order valence-electron chi connectivity index (χ2n) is 10.3. The molecule has 0 aromatic heterocycles. The van der Waals surface area contributed by atoms with E-state index in [4.69, 9.17) is 13.7 Å². The minimum atomic E-state index is -4.15. The average Bonchev–Trinajstić information content (AvgIpc) is 3.48. The molecule has 0 bridgehead atoms. The number of ether oxygens (including phenoxy) is 2. The molecule has 0 spiro atoms. The molecule has 0 saturated heterocycles. The molecule has 1 aliphatic heterocycles. The van der Waals surface area contributed by atoms with E-state index in [1.807, 2.05) is 6.92 Å². The van der Waals surface area contributed by atoms with Crippen molar-refractivity contribution in [3.8, 4) is 17.2 Å². The van der Waals surface area contributed by atoms with E-state index in [9.17, 15) is 18.0 Å². The van der Waals surface area contributed by atoms with Gasteiger partial charge < -0.3 is 13.7 Å². The number of allylic oxidation sites excluding steroid dienone is 1. The van der Waals surface area contributed by atoms with Gasteiger partial charge in [0.25, 0.3) is 11.8 Å². The number of amides is 2. The number of methoxy groups -OCH3 is 2. The third kappa shape index (κ3) is 4.07. The van der Waals surface area contributed by atoms with Gasteiger partial charge in [0, 0.05) is 5.56 Å². The summed E-state index contributed by atoms with van der Waals surface area (Å²) in [6.45, 7) is 1.87. The summed E-state index contributed by atoms with van der Waals surface area (Å²) in [6, 6.07) is 14.6. The predicted octanol–water partition coefficient (Wildman–Crippen LogP) is 5.33. The fraction of sp³-hybridized carbons (Fsp3) is 0.290. The number of nitrogens with zero attached hydrogens (tertiary/aromatic N) is 1. The van der Waals surface area contributed by atoms with E-state index in [-0.39, 0.29) is 28.2 Å². The Bertz CT molecular complexity index is 1650. The molecule has 3 aromatic carbocycles. The highest BCUT2D eigenvalue weighted by Gasteiger charge is 2.44. The Morgan fingerprint density at radius 1 is 0.850 bits per heavy atom. The summed E-state index contributed by atoms with van der Waals surface area (Å²) < 4.78 is 43.6. The highest BCUT2D eigenvalue weighted by Crippen LogP contribution is 2.52. The lowest BCUT2D eigenvalue weighted by molar-refractivity contribution is 0.0601. The first-order chi connectivity index (χ1) is 19.2. The molecule has 6 rings (SSSR count). The van der Waals surface area contributed by atoms with Crippen LogP contribution < -0.4 is 13.7 Å². The second kappa shape index (κ2) is 9.82. The number of benzene rings is 3. The molecule has 3 aliphatic rings. The SMILES string of the molecule is COc1c(OS(=O)(=O)c2ccc(C)cc2)cc2c(c1OC)C1=C(CCC1)C(N1C(=O)c3ccccc3C1=O)CC2. The average molecular weight is 560 g/mol. The Hall–Kier alpha value is -4.11. The van der Waals surface area contributed by atoms with Crippen molar-refractivity contribution in [2.45, 2.75) is 50.0 Å². The van der Waals surface area contributed by atoms with Crippen LogP contribution in [-0.2, 0) is 16.5 Å². The number of fused-ring (bicyclic) bond motifs is 3. The molecule has 206 valence electrons. The molecule has 2 amide bonds. The number of hydrogen-bond donors (Lipinski definition) is 0. The fourth-order valence-electron chi connectivity index (χ4n) is 6.18. The van der Waals surface area contributed by atoms with Crippen LogP contribution in [-0.4, -0.2) is 45.4 Å². The Morgan fingerprint density at radius 3 is 2.12 bits per heavy atom. The molecule has 3 aromatic rings. The summed E-state index contributed by atoms with van der Waals surface area (Å²) in [5.74, 6) is 0.0144. The standard InChI is InChI=1S/C31H29NO7S/c1-18-11-14-20(15-12-18)40(35,36)39-26-17-19-13-16-25(32-30(33)23-7-4-5-8-24(23)31(32)34)21-9-6-10-22(21)27(19)29(38-3)28(26)37-2/h4-5,7-8,11-12,14-15,17,25H,6,9-10,13,16H2,1-3H3. The summed E-state index contributed by atoms with van der Waals surface area (Å²) in [5.41, 5.74) is 5.46. The van der Waals surface area contributed by atoms with Crippen LogP contribution in [0.2, 0.25) is 0 Å². The van der Waals surface area contributed by atoms with Gasteiger partial charge >= 0.3 is 10.1 Å². The lowest BCUT2D eigenvalue weighted by Gasteiger charge is -2.27. The van der Waals surface area contributed by atoms with E-state index >= 15 is 0 Å². The van der Waals surface area contributed by atoms with Crippen molar-refractivity contribution >= 4 is 27.5 Å². The van der Waals surface area contributed by atoms with Gasteiger partial charge in [0.2, 0.25) is 5.75 Å². The molecular formula is C31H29NO7S. The molecule has 0 N–H and O–H groups in total. The lowest BCUT2D eigenvalue weighted by atomic mass is 9.95. The second-order valence-corrected chi connectivity index (χ2v) is 11.8. The van der Waals surface area contributed by atoms with Crippen molar-refractivity contribution in [2.24, 2.45) is 0 Å². The van der Waals surface area contributed by atoms with Crippen molar-refractivity contribution in [1.29, 1.82) is 0 Å². The minimum Gasteiger partial charge on any atom is -0.492 e. The first kappa shape index (κ1) is 26.1. The summed E-state index contributed by atoms with van der Waals surface area (Å²) in [7, 11) is -1.20. The number of carbonyl (C=O) groups excluding carboxylic acids is 2. The monoisotopic (exact) mass is 559 g/mol. The number of carbonyl (C=O) groups is 2. The molecule has 0 saturated carbocycles. The van der Waals surface area contributed by atoms with Crippen LogP contribution >= 0.6 is 0 Å². The maximum Gasteiger partial charge on any atom is 0.339 e. The summed E-state index contributed by atoms with van der Waals surface area (Å²) >= 11 is 0. The van der Waals surface area contributed by atoms with Crippen molar-refractivity contribution < 1.29 is 31.7 Å². The van der Waals surface area contributed by atoms with Crippen LogP contribution in [0, 0.1) is 6.92 Å². The smallest absolute Gasteiger partial charge is 0.339 e. The van der Waals surface area contributed by atoms with Crippen molar-refractivity contribution in [2.75, 3.05) is 14.2 Å². The highest BCUT2D eigenvalue weighted by atomic mass is 32.2. The van der Waals surface area contributed by atoms with Crippen LogP contribution in [0.5, 0.6) is 17.2 Å². The van der Waals surface area contributed by atoms with Crippen LogP contribution in [0.25, 0.3) is 5.57 Å². The summed E-state index contributed by atoms with van der Waals surface area (Å²) in [4.78, 5) is 28.3. The van der Waals surface area contributed by atoms with Gasteiger partial charge in [-0.1, -0.05) is 29.8 Å². The molecule has 0 fully saturated rings. The van der Waals surface area contributed by atoms with E-state index in [1.165, 1.54) is 31.3 Å². The largest absolute Gasteiger partial charge is 0.492 e. The number of hydrogen-bond acceptors (Lipinski definition) is 7. The third-order valence-electron chi connectivity index (χ3n) is 7.99. The van der Waals surface area contributed by atoms with Crippen LogP contribution in [0.3, 0.4) is 0 Å². The Labute approximate surface area is 233 Å². The van der Waals surface area contributed by atoms with Crippen LogP contribution in [0.15, 0.2) is 65.1 Å². The molecule has 1 unspecified atom stereocenters. The van der Waals surface area contributed by atoms with Crippen molar-refractivity contribution in [3.63, 3.8) is 0 Å². The molecule has 1 atom stereocenters. The first-order valence-corrected chi connectivity index (χ1v) is 14.6. The van der Waals surface area contributed by atoms with Gasteiger partial charge in [0.15, 0.2) is 11.5 Å². The molecule has 2 aliphatic carbocycles. The predicted molar refractivity (Wildman–Crippen MR) is 148 cm³/mol. The quantitative estimate of drug-likeness (QED) is 0.297.